The predicted octanol–water partition coefficient (Wildman–Crippen LogP) is 3.30. The van der Waals surface area contributed by atoms with Crippen LogP contribution in [-0.2, 0) is 12.0 Å². The Balaban J connectivity index is 2.03. The fourth-order valence-electron chi connectivity index (χ4n) is 3.25. The largest absolute Gasteiger partial charge is 0.497 e. The molecule has 3 nitrogen and oxygen atoms in total. The minimum atomic E-state index is -0.205. The second-order valence-corrected chi connectivity index (χ2v) is 5.65. The molecule has 0 fully saturated rings. The number of hydrogen-bond donors (Lipinski definition) is 2. The van der Waals surface area contributed by atoms with Crippen molar-refractivity contribution >= 4 is 5.69 Å². The van der Waals surface area contributed by atoms with Crippen molar-refractivity contribution in [3.8, 4) is 5.75 Å². The van der Waals surface area contributed by atoms with Crippen molar-refractivity contribution in [1.82, 2.24) is 0 Å². The van der Waals surface area contributed by atoms with Crippen molar-refractivity contribution in [1.29, 1.82) is 0 Å². The molecular formula is C18H22N2O. The zero-order valence-corrected chi connectivity index (χ0v) is 12.4. The highest BCUT2D eigenvalue weighted by molar-refractivity contribution is 5.52. The van der Waals surface area contributed by atoms with Crippen molar-refractivity contribution in [2.45, 2.75) is 24.8 Å². The first-order chi connectivity index (χ1) is 10.3. The number of hydrogen-bond acceptors (Lipinski definition) is 3. The highest BCUT2D eigenvalue weighted by Crippen LogP contribution is 2.39. The van der Waals surface area contributed by atoms with Gasteiger partial charge in [-0.1, -0.05) is 24.3 Å². The molecule has 21 heavy (non-hydrogen) atoms. The van der Waals surface area contributed by atoms with Crippen LogP contribution in [0.5, 0.6) is 5.75 Å². The Morgan fingerprint density at radius 1 is 1.19 bits per heavy atom. The van der Waals surface area contributed by atoms with Crippen LogP contribution in [0.2, 0.25) is 0 Å². The van der Waals surface area contributed by atoms with Crippen molar-refractivity contribution in [3.05, 3.63) is 59.7 Å². The average molecular weight is 282 g/mol. The van der Waals surface area contributed by atoms with E-state index in [9.17, 15) is 0 Å². The normalized spacial score (nSPS) is 20.7. The maximum atomic E-state index is 6.19. The summed E-state index contributed by atoms with van der Waals surface area (Å²) in [6, 6.07) is 16.6. The van der Waals surface area contributed by atoms with Gasteiger partial charge in [-0.3, -0.25) is 0 Å². The second kappa shape index (κ2) is 5.78. The van der Waals surface area contributed by atoms with Crippen molar-refractivity contribution < 1.29 is 4.74 Å². The molecule has 0 aromatic heterocycles. The number of aryl methyl sites for hydroxylation is 1. The van der Waals surface area contributed by atoms with Gasteiger partial charge in [0.05, 0.1) is 12.6 Å². The van der Waals surface area contributed by atoms with Crippen LogP contribution >= 0.6 is 0 Å². The zero-order chi connectivity index (χ0) is 14.7. The van der Waals surface area contributed by atoms with E-state index in [0.717, 1.165) is 30.7 Å². The maximum Gasteiger partial charge on any atom is 0.119 e. The van der Waals surface area contributed by atoms with Gasteiger partial charge >= 0.3 is 0 Å². The van der Waals surface area contributed by atoms with Crippen molar-refractivity contribution in [2.75, 3.05) is 19.0 Å². The Labute approximate surface area is 126 Å². The van der Waals surface area contributed by atoms with Gasteiger partial charge in [-0.25, -0.2) is 0 Å². The van der Waals surface area contributed by atoms with Gasteiger partial charge in [-0.05, 0) is 54.7 Å². The molecule has 2 aromatic rings. The average Bonchev–Trinajstić information content (AvgIpc) is 2.55. The number of para-hydroxylation sites is 1. The first kappa shape index (κ1) is 14.0. The number of nitrogens with two attached hydrogens (primary N) is 1. The van der Waals surface area contributed by atoms with Crippen LogP contribution in [0.3, 0.4) is 0 Å². The molecule has 110 valence electrons. The Hall–Kier alpha value is -2.00. The van der Waals surface area contributed by atoms with Gasteiger partial charge in [0, 0.05) is 12.2 Å². The van der Waals surface area contributed by atoms with E-state index < -0.39 is 0 Å². The number of anilines is 1. The minimum Gasteiger partial charge on any atom is -0.497 e. The lowest BCUT2D eigenvalue weighted by molar-refractivity contribution is 0.397. The summed E-state index contributed by atoms with van der Waals surface area (Å²) < 4.78 is 5.40. The van der Waals surface area contributed by atoms with Gasteiger partial charge in [-0.15, -0.1) is 0 Å². The fraction of sp³-hybridized carbons (Fsp3) is 0.333. The summed E-state index contributed by atoms with van der Waals surface area (Å²) in [4.78, 5) is 0. The Morgan fingerprint density at radius 2 is 2.00 bits per heavy atom. The molecule has 0 radical (unpaired) electrons. The van der Waals surface area contributed by atoms with E-state index in [4.69, 9.17) is 10.5 Å². The first-order valence-corrected chi connectivity index (χ1v) is 7.48. The quantitative estimate of drug-likeness (QED) is 0.904. The lowest BCUT2D eigenvalue weighted by Crippen LogP contribution is -2.45. The molecule has 0 saturated heterocycles. The molecular weight excluding hydrogens is 260 g/mol. The first-order valence-electron chi connectivity index (χ1n) is 7.48. The van der Waals surface area contributed by atoms with Crippen molar-refractivity contribution in [2.24, 2.45) is 5.73 Å². The molecule has 0 saturated carbocycles. The van der Waals surface area contributed by atoms with Crippen LogP contribution in [0, 0.1) is 0 Å². The van der Waals surface area contributed by atoms with E-state index >= 15 is 0 Å². The maximum absolute atomic E-state index is 6.19. The lowest BCUT2D eigenvalue weighted by atomic mass is 9.76. The standard InChI is InChI=1S/C18H22N2O/c1-21-16-10-9-14-6-5-11-18(13-19,17(14)12-16)20-15-7-3-2-4-8-15/h2-4,7-10,12,20H,5-6,11,13,19H2,1H3. The third-order valence-corrected chi connectivity index (χ3v) is 4.39. The minimum absolute atomic E-state index is 0.205. The summed E-state index contributed by atoms with van der Waals surface area (Å²) in [5.74, 6) is 0.892. The van der Waals surface area contributed by atoms with Gasteiger partial charge in [0.2, 0.25) is 0 Å². The van der Waals surface area contributed by atoms with E-state index in [0.29, 0.717) is 6.54 Å². The molecule has 0 bridgehead atoms. The number of methoxy groups -OCH3 is 1. The molecule has 3 rings (SSSR count). The van der Waals surface area contributed by atoms with Gasteiger partial charge in [-0.2, -0.15) is 0 Å². The Bertz CT molecular complexity index is 612. The molecule has 2 aromatic carbocycles. The van der Waals surface area contributed by atoms with E-state index in [1.165, 1.54) is 11.1 Å². The summed E-state index contributed by atoms with van der Waals surface area (Å²) in [5.41, 5.74) is 9.74. The molecule has 0 spiro atoms. The highest BCUT2D eigenvalue weighted by Gasteiger charge is 2.35. The molecule has 1 atom stereocenters. The van der Waals surface area contributed by atoms with Crippen LogP contribution in [-0.4, -0.2) is 13.7 Å². The number of ether oxygens (including phenoxy) is 1. The molecule has 1 aliphatic carbocycles. The zero-order valence-electron chi connectivity index (χ0n) is 12.4. The van der Waals surface area contributed by atoms with E-state index in [2.05, 4.69) is 29.6 Å². The van der Waals surface area contributed by atoms with Gasteiger partial charge in [0.25, 0.3) is 0 Å². The molecule has 3 heteroatoms. The molecule has 1 unspecified atom stereocenters. The number of nitrogens with one attached hydrogen (secondary N) is 1. The van der Waals surface area contributed by atoms with Gasteiger partial charge < -0.3 is 15.8 Å². The third-order valence-electron chi connectivity index (χ3n) is 4.39. The highest BCUT2D eigenvalue weighted by atomic mass is 16.5. The van der Waals surface area contributed by atoms with Crippen LogP contribution in [0.15, 0.2) is 48.5 Å². The van der Waals surface area contributed by atoms with Crippen LogP contribution in [0.1, 0.15) is 24.0 Å². The van der Waals surface area contributed by atoms with Crippen LogP contribution in [0.4, 0.5) is 5.69 Å². The summed E-state index contributed by atoms with van der Waals surface area (Å²) in [5, 5.41) is 3.67. The summed E-state index contributed by atoms with van der Waals surface area (Å²) >= 11 is 0. The number of rotatable bonds is 4. The topological polar surface area (TPSA) is 47.3 Å². The Kier molecular flexibility index (Phi) is 3.84. The van der Waals surface area contributed by atoms with Crippen molar-refractivity contribution in [3.63, 3.8) is 0 Å². The second-order valence-electron chi connectivity index (χ2n) is 5.65. The lowest BCUT2D eigenvalue weighted by Gasteiger charge is -2.40. The van der Waals surface area contributed by atoms with E-state index in [1.807, 2.05) is 24.3 Å². The SMILES string of the molecule is COc1ccc2c(c1)C(CN)(Nc1ccccc1)CCC2. The summed E-state index contributed by atoms with van der Waals surface area (Å²) in [6.07, 6.45) is 3.30. The smallest absolute Gasteiger partial charge is 0.119 e. The molecule has 0 aliphatic heterocycles. The molecule has 1 aliphatic rings. The predicted molar refractivity (Wildman–Crippen MR) is 86.7 cm³/mol. The van der Waals surface area contributed by atoms with Gasteiger partial charge in [0.1, 0.15) is 5.75 Å². The fourth-order valence-corrected chi connectivity index (χ4v) is 3.25. The molecule has 3 N–H and O–H groups in total. The summed E-state index contributed by atoms with van der Waals surface area (Å²) in [6.45, 7) is 0.571. The third kappa shape index (κ3) is 2.61. The monoisotopic (exact) mass is 282 g/mol. The van der Waals surface area contributed by atoms with Crippen LogP contribution < -0.4 is 15.8 Å². The van der Waals surface area contributed by atoms with E-state index in [1.54, 1.807) is 7.11 Å². The Morgan fingerprint density at radius 3 is 2.71 bits per heavy atom. The molecule has 0 heterocycles. The molecule has 0 amide bonds. The number of fused-ring (bicyclic) bond motifs is 1. The van der Waals surface area contributed by atoms with E-state index in [-0.39, 0.29) is 5.54 Å². The summed E-state index contributed by atoms with van der Waals surface area (Å²) in [7, 11) is 1.71. The van der Waals surface area contributed by atoms with Crippen LogP contribution in [0.25, 0.3) is 0 Å². The number of benzene rings is 2. The van der Waals surface area contributed by atoms with Gasteiger partial charge in [0.15, 0.2) is 0 Å².